The van der Waals surface area contributed by atoms with Gasteiger partial charge in [-0.15, -0.1) is 0 Å². The Kier molecular flexibility index (Phi) is 6.26. The third kappa shape index (κ3) is 4.06. The molecule has 0 amide bonds. The average Bonchev–Trinajstić information content (AvgIpc) is 2.70. The molecule has 0 unspecified atom stereocenters. The molecule has 0 radical (unpaired) electrons. The van der Waals surface area contributed by atoms with Crippen LogP contribution in [-0.4, -0.2) is 8.32 Å². The summed E-state index contributed by atoms with van der Waals surface area (Å²) in [6.45, 7) is 12.2. The number of allylic oxidation sites excluding steroid dienone is 1. The fraction of sp³-hybridized carbons (Fsp3) is 0.360. The Bertz CT molecular complexity index is 1220. The Morgan fingerprint density at radius 3 is 2.34 bits per heavy atom. The van der Waals surface area contributed by atoms with Gasteiger partial charge in [0.1, 0.15) is 23.5 Å². The Labute approximate surface area is 194 Å². The SMILES string of the molecule is Cc1c([C@H]2CC=C(O[Si](C)(C)C(C)(C)C)c3cc(F)cc(C#N)c32)cc(F)c(Cl)c1C#N. The highest BCUT2D eigenvalue weighted by Gasteiger charge is 2.41. The van der Waals surface area contributed by atoms with Crippen LogP contribution in [0.5, 0.6) is 0 Å². The van der Waals surface area contributed by atoms with Gasteiger partial charge >= 0.3 is 0 Å². The minimum Gasteiger partial charge on any atom is -0.543 e. The second-order valence-corrected chi connectivity index (χ2v) is 14.7. The molecule has 32 heavy (non-hydrogen) atoms. The summed E-state index contributed by atoms with van der Waals surface area (Å²) in [5, 5.41) is 19.0. The molecule has 1 aliphatic carbocycles. The average molecular weight is 471 g/mol. The number of halogens is 3. The summed E-state index contributed by atoms with van der Waals surface area (Å²) >= 11 is 6.00. The Morgan fingerprint density at radius 1 is 1.12 bits per heavy atom. The Balaban J connectivity index is 2.25. The van der Waals surface area contributed by atoms with Crippen molar-refractivity contribution >= 4 is 25.7 Å². The van der Waals surface area contributed by atoms with Crippen LogP contribution in [0.4, 0.5) is 8.78 Å². The zero-order valence-electron chi connectivity index (χ0n) is 19.0. The van der Waals surface area contributed by atoms with Crippen molar-refractivity contribution in [3.05, 3.63) is 74.3 Å². The molecule has 0 saturated carbocycles. The third-order valence-electron chi connectivity index (χ3n) is 6.60. The van der Waals surface area contributed by atoms with Crippen LogP contribution in [0.1, 0.15) is 66.5 Å². The van der Waals surface area contributed by atoms with Gasteiger partial charge in [-0.1, -0.05) is 32.4 Å². The molecule has 0 fully saturated rings. The molecule has 0 aliphatic heterocycles. The van der Waals surface area contributed by atoms with Crippen molar-refractivity contribution in [1.29, 1.82) is 10.5 Å². The maximum atomic E-state index is 14.6. The molecular weight excluding hydrogens is 446 g/mol. The zero-order chi connectivity index (χ0) is 24.0. The second-order valence-electron chi connectivity index (χ2n) is 9.62. The van der Waals surface area contributed by atoms with Gasteiger partial charge in [0.05, 0.1) is 22.2 Å². The van der Waals surface area contributed by atoms with E-state index in [9.17, 15) is 19.3 Å². The molecular formula is C25H25ClF2N2OSi. The van der Waals surface area contributed by atoms with E-state index in [1.165, 1.54) is 18.2 Å². The maximum absolute atomic E-state index is 14.6. The maximum Gasteiger partial charge on any atom is 0.250 e. The van der Waals surface area contributed by atoms with Crippen molar-refractivity contribution in [2.24, 2.45) is 0 Å². The zero-order valence-corrected chi connectivity index (χ0v) is 20.8. The first-order chi connectivity index (χ1) is 14.8. The molecule has 166 valence electrons. The van der Waals surface area contributed by atoms with Gasteiger partial charge in [-0.05, 0) is 72.4 Å². The van der Waals surface area contributed by atoms with Crippen molar-refractivity contribution in [2.45, 2.75) is 58.2 Å². The van der Waals surface area contributed by atoms with Crippen LogP contribution in [0.25, 0.3) is 5.76 Å². The van der Waals surface area contributed by atoms with Crippen molar-refractivity contribution in [3.63, 3.8) is 0 Å². The molecule has 0 spiro atoms. The molecule has 0 heterocycles. The molecule has 2 aromatic carbocycles. The molecule has 0 bridgehead atoms. The highest BCUT2D eigenvalue weighted by Crippen LogP contribution is 2.46. The lowest BCUT2D eigenvalue weighted by molar-refractivity contribution is 0.451. The molecule has 3 rings (SSSR count). The van der Waals surface area contributed by atoms with Crippen molar-refractivity contribution < 1.29 is 13.2 Å². The summed E-state index contributed by atoms with van der Waals surface area (Å²) in [7, 11) is -2.24. The fourth-order valence-corrected chi connectivity index (χ4v) is 5.07. The second kappa shape index (κ2) is 8.35. The van der Waals surface area contributed by atoms with Gasteiger partial charge in [0.15, 0.2) is 0 Å². The topological polar surface area (TPSA) is 56.8 Å². The molecule has 0 saturated heterocycles. The molecule has 0 N–H and O–H groups in total. The van der Waals surface area contributed by atoms with Crippen LogP contribution in [0.2, 0.25) is 23.2 Å². The number of rotatable bonds is 3. The summed E-state index contributed by atoms with van der Waals surface area (Å²) < 4.78 is 35.6. The van der Waals surface area contributed by atoms with Crippen LogP contribution >= 0.6 is 11.6 Å². The van der Waals surface area contributed by atoms with Crippen LogP contribution in [0.3, 0.4) is 0 Å². The summed E-state index contributed by atoms with van der Waals surface area (Å²) in [5.74, 6) is -1.13. The number of nitrogens with zero attached hydrogens (tertiary/aromatic N) is 2. The predicted octanol–water partition coefficient (Wildman–Crippen LogP) is 7.57. The monoisotopic (exact) mass is 470 g/mol. The van der Waals surface area contributed by atoms with E-state index in [4.69, 9.17) is 16.0 Å². The minimum absolute atomic E-state index is 0.0659. The molecule has 1 aliphatic rings. The van der Waals surface area contributed by atoms with Crippen LogP contribution in [0.15, 0.2) is 24.3 Å². The quantitative estimate of drug-likeness (QED) is 0.434. The van der Waals surface area contributed by atoms with Gasteiger partial charge in [0.25, 0.3) is 0 Å². The van der Waals surface area contributed by atoms with Gasteiger partial charge in [-0.25, -0.2) is 8.78 Å². The van der Waals surface area contributed by atoms with Gasteiger partial charge in [0.2, 0.25) is 8.32 Å². The van der Waals surface area contributed by atoms with E-state index >= 15 is 0 Å². The van der Waals surface area contributed by atoms with E-state index in [1.54, 1.807) is 6.92 Å². The minimum atomic E-state index is -2.24. The lowest BCUT2D eigenvalue weighted by Crippen LogP contribution is -2.40. The first-order valence-electron chi connectivity index (χ1n) is 10.3. The van der Waals surface area contributed by atoms with Crippen molar-refractivity contribution in [1.82, 2.24) is 0 Å². The molecule has 7 heteroatoms. The Morgan fingerprint density at radius 2 is 1.78 bits per heavy atom. The summed E-state index contributed by atoms with van der Waals surface area (Å²) in [5.41, 5.74) is 2.41. The van der Waals surface area contributed by atoms with Crippen molar-refractivity contribution in [2.75, 3.05) is 0 Å². The first-order valence-corrected chi connectivity index (χ1v) is 13.6. The number of hydrogen-bond donors (Lipinski definition) is 0. The van der Waals surface area contributed by atoms with Crippen LogP contribution in [-0.2, 0) is 4.43 Å². The number of nitriles is 2. The van der Waals surface area contributed by atoms with Gasteiger partial charge in [-0.2, -0.15) is 10.5 Å². The predicted molar refractivity (Wildman–Crippen MR) is 125 cm³/mol. The van der Waals surface area contributed by atoms with E-state index in [2.05, 4.69) is 39.9 Å². The van der Waals surface area contributed by atoms with E-state index in [0.29, 0.717) is 34.4 Å². The van der Waals surface area contributed by atoms with Crippen LogP contribution in [0, 0.1) is 41.2 Å². The van der Waals surface area contributed by atoms with E-state index in [1.807, 2.05) is 12.1 Å². The number of fused-ring (bicyclic) bond motifs is 1. The summed E-state index contributed by atoms with van der Waals surface area (Å²) in [6, 6.07) is 7.93. The first kappa shape index (κ1) is 24.0. The Hall–Kier alpha value is -2.67. The highest BCUT2D eigenvalue weighted by molar-refractivity contribution is 6.74. The number of hydrogen-bond acceptors (Lipinski definition) is 3. The summed E-state index contributed by atoms with van der Waals surface area (Å²) in [6.07, 6.45) is 2.30. The fourth-order valence-electron chi connectivity index (χ4n) is 3.78. The normalized spacial score (nSPS) is 16.0. The molecule has 1 atom stereocenters. The third-order valence-corrected chi connectivity index (χ3v) is 11.3. The smallest absolute Gasteiger partial charge is 0.250 e. The standard InChI is InChI=1S/C25H25ClF2N2OSi/c1-14-18(11-21(28)24(26)20(14)13-30)17-7-8-22(31-32(5,6)25(2,3)4)19-10-16(27)9-15(12-29)23(17)19/h8-11,17H,7H2,1-6H3/t17-/m1/s1. The van der Waals surface area contributed by atoms with Gasteiger partial charge in [0, 0.05) is 11.5 Å². The molecule has 3 nitrogen and oxygen atoms in total. The van der Waals surface area contributed by atoms with Gasteiger partial charge < -0.3 is 4.43 Å². The summed E-state index contributed by atoms with van der Waals surface area (Å²) in [4.78, 5) is 0. The van der Waals surface area contributed by atoms with Gasteiger partial charge in [-0.3, -0.25) is 0 Å². The number of benzene rings is 2. The lowest BCUT2D eigenvalue weighted by Gasteiger charge is -2.39. The van der Waals surface area contributed by atoms with E-state index in [0.717, 1.165) is 0 Å². The van der Waals surface area contributed by atoms with Crippen molar-refractivity contribution in [3.8, 4) is 12.1 Å². The molecule has 0 aromatic heterocycles. The van der Waals surface area contributed by atoms with E-state index < -0.39 is 25.9 Å². The lowest BCUT2D eigenvalue weighted by atomic mass is 9.77. The molecule has 2 aromatic rings. The van der Waals surface area contributed by atoms with Crippen LogP contribution < -0.4 is 0 Å². The highest BCUT2D eigenvalue weighted by atomic mass is 35.5. The van der Waals surface area contributed by atoms with E-state index in [-0.39, 0.29) is 21.2 Å². The largest absolute Gasteiger partial charge is 0.543 e.